The Kier molecular flexibility index (Phi) is 3.68. The Morgan fingerprint density at radius 2 is 2.10 bits per heavy atom. The molecule has 0 bridgehead atoms. The van der Waals surface area contributed by atoms with Gasteiger partial charge in [0.05, 0.1) is 16.9 Å². The highest BCUT2D eigenvalue weighted by molar-refractivity contribution is 6.31. The van der Waals surface area contributed by atoms with Crippen molar-refractivity contribution in [3.05, 3.63) is 47.3 Å². The fourth-order valence-corrected chi connectivity index (χ4v) is 2.72. The van der Waals surface area contributed by atoms with Gasteiger partial charge in [0.15, 0.2) is 0 Å². The summed E-state index contributed by atoms with van der Waals surface area (Å²) in [5, 5.41) is 0.705. The van der Waals surface area contributed by atoms with Gasteiger partial charge in [-0.15, -0.1) is 11.6 Å². The second kappa shape index (κ2) is 5.46. The molecule has 2 heterocycles. The van der Waals surface area contributed by atoms with Crippen molar-refractivity contribution in [1.29, 1.82) is 0 Å². The highest BCUT2D eigenvalue weighted by atomic mass is 35.5. The van der Waals surface area contributed by atoms with E-state index >= 15 is 0 Å². The van der Waals surface area contributed by atoms with Gasteiger partial charge in [0.2, 0.25) is 0 Å². The molecule has 2 aromatic heterocycles. The largest absolute Gasteiger partial charge is 0.338 e. The predicted molar refractivity (Wildman–Crippen MR) is 81.2 cm³/mol. The molecule has 0 aliphatic heterocycles. The molecular formula is C14H14Cl2N4. The Hall–Kier alpha value is -1.52. The Balaban J connectivity index is 1.97. The van der Waals surface area contributed by atoms with Gasteiger partial charge in [-0.2, -0.15) is 0 Å². The minimum Gasteiger partial charge on any atom is -0.338 e. The smallest absolute Gasteiger partial charge is 0.124 e. The molecule has 104 valence electrons. The van der Waals surface area contributed by atoms with Crippen molar-refractivity contribution in [2.24, 2.45) is 7.05 Å². The lowest BCUT2D eigenvalue weighted by atomic mass is 10.3. The van der Waals surface area contributed by atoms with Crippen LogP contribution in [0.25, 0.3) is 11.0 Å². The van der Waals surface area contributed by atoms with E-state index in [-0.39, 0.29) is 0 Å². The van der Waals surface area contributed by atoms with Crippen LogP contribution in [0.2, 0.25) is 5.02 Å². The maximum atomic E-state index is 6.08. The summed E-state index contributed by atoms with van der Waals surface area (Å²) in [4.78, 5) is 8.88. The molecule has 0 spiro atoms. The van der Waals surface area contributed by atoms with Crippen LogP contribution in [0.1, 0.15) is 11.6 Å². The van der Waals surface area contributed by atoms with Crippen molar-refractivity contribution < 1.29 is 0 Å². The van der Waals surface area contributed by atoms with Gasteiger partial charge in [-0.05, 0) is 18.2 Å². The maximum Gasteiger partial charge on any atom is 0.124 e. The van der Waals surface area contributed by atoms with Gasteiger partial charge in [-0.25, -0.2) is 9.97 Å². The van der Waals surface area contributed by atoms with Crippen molar-refractivity contribution >= 4 is 34.2 Å². The third-order valence-electron chi connectivity index (χ3n) is 3.39. The summed E-state index contributed by atoms with van der Waals surface area (Å²) in [6, 6.07) is 5.70. The van der Waals surface area contributed by atoms with E-state index in [1.54, 1.807) is 6.20 Å². The summed E-state index contributed by atoms with van der Waals surface area (Å²) >= 11 is 12.1. The summed E-state index contributed by atoms with van der Waals surface area (Å²) in [7, 11) is 1.99. The molecule has 0 atom stereocenters. The van der Waals surface area contributed by atoms with Gasteiger partial charge in [0.25, 0.3) is 0 Å². The zero-order chi connectivity index (χ0) is 14.1. The van der Waals surface area contributed by atoms with E-state index in [0.29, 0.717) is 10.9 Å². The highest BCUT2D eigenvalue weighted by Gasteiger charge is 2.11. The van der Waals surface area contributed by atoms with Crippen molar-refractivity contribution in [3.63, 3.8) is 0 Å². The number of halogens is 2. The van der Waals surface area contributed by atoms with Gasteiger partial charge in [-0.1, -0.05) is 11.6 Å². The standard InChI is InChI=1S/C14H14Cl2N4/c1-19-7-5-17-13(19)4-6-20-12-8-10(16)2-3-11(12)18-14(20)9-15/h2-3,5,7-8H,4,6,9H2,1H3. The molecular weight excluding hydrogens is 295 g/mol. The average molecular weight is 309 g/mol. The molecule has 0 radical (unpaired) electrons. The van der Waals surface area contributed by atoms with Crippen molar-refractivity contribution in [3.8, 4) is 0 Å². The molecule has 0 fully saturated rings. The first kappa shape index (κ1) is 13.5. The molecule has 0 N–H and O–H groups in total. The van der Waals surface area contributed by atoms with Crippen LogP contribution in [0, 0.1) is 0 Å². The number of rotatable bonds is 4. The number of alkyl halides is 1. The van der Waals surface area contributed by atoms with E-state index in [1.165, 1.54) is 0 Å². The lowest BCUT2D eigenvalue weighted by Gasteiger charge is -2.08. The summed E-state index contributed by atoms with van der Waals surface area (Å²) in [5.41, 5.74) is 1.94. The Labute approximate surface area is 127 Å². The van der Waals surface area contributed by atoms with Crippen LogP contribution in [0.4, 0.5) is 0 Å². The Morgan fingerprint density at radius 1 is 1.25 bits per heavy atom. The zero-order valence-corrected chi connectivity index (χ0v) is 12.6. The van der Waals surface area contributed by atoms with Gasteiger partial charge >= 0.3 is 0 Å². The van der Waals surface area contributed by atoms with E-state index in [0.717, 1.165) is 35.6 Å². The lowest BCUT2D eigenvalue weighted by molar-refractivity contribution is 0.646. The SMILES string of the molecule is Cn1ccnc1CCn1c(CCl)nc2ccc(Cl)cc21. The van der Waals surface area contributed by atoms with Crippen molar-refractivity contribution in [2.45, 2.75) is 18.8 Å². The van der Waals surface area contributed by atoms with Crippen LogP contribution >= 0.6 is 23.2 Å². The minimum atomic E-state index is 0.382. The quantitative estimate of drug-likeness (QED) is 0.692. The van der Waals surface area contributed by atoms with Gasteiger partial charge in [0, 0.05) is 37.4 Å². The zero-order valence-electron chi connectivity index (χ0n) is 11.1. The highest BCUT2D eigenvalue weighted by Crippen LogP contribution is 2.22. The number of fused-ring (bicyclic) bond motifs is 1. The first-order valence-electron chi connectivity index (χ1n) is 6.36. The van der Waals surface area contributed by atoms with Gasteiger partial charge < -0.3 is 9.13 Å². The molecule has 0 aliphatic rings. The monoisotopic (exact) mass is 308 g/mol. The Morgan fingerprint density at radius 3 is 2.80 bits per heavy atom. The van der Waals surface area contributed by atoms with Crippen molar-refractivity contribution in [1.82, 2.24) is 19.1 Å². The average Bonchev–Trinajstić information content (AvgIpc) is 2.99. The second-order valence-corrected chi connectivity index (χ2v) is 5.35. The van der Waals surface area contributed by atoms with Crippen LogP contribution in [0.5, 0.6) is 0 Å². The van der Waals surface area contributed by atoms with E-state index in [1.807, 2.05) is 36.0 Å². The molecule has 1 aromatic carbocycles. The van der Waals surface area contributed by atoms with Gasteiger partial charge in [-0.3, -0.25) is 0 Å². The van der Waals surface area contributed by atoms with Gasteiger partial charge in [0.1, 0.15) is 11.6 Å². The third kappa shape index (κ3) is 2.41. The molecule has 0 unspecified atom stereocenters. The number of hydrogen-bond donors (Lipinski definition) is 0. The van der Waals surface area contributed by atoms with Crippen LogP contribution < -0.4 is 0 Å². The predicted octanol–water partition coefficient (Wildman–Crippen LogP) is 3.40. The van der Waals surface area contributed by atoms with Crippen LogP contribution in [0.15, 0.2) is 30.6 Å². The van der Waals surface area contributed by atoms with Crippen LogP contribution in [-0.2, 0) is 25.9 Å². The molecule has 20 heavy (non-hydrogen) atoms. The first-order chi connectivity index (χ1) is 9.69. The molecule has 0 saturated carbocycles. The first-order valence-corrected chi connectivity index (χ1v) is 7.27. The molecule has 0 saturated heterocycles. The van der Waals surface area contributed by atoms with E-state index in [2.05, 4.69) is 14.5 Å². The number of aryl methyl sites for hydroxylation is 3. The number of nitrogens with zero attached hydrogens (tertiary/aromatic N) is 4. The van der Waals surface area contributed by atoms with E-state index in [9.17, 15) is 0 Å². The summed E-state index contributed by atoms with van der Waals surface area (Å²) in [6.45, 7) is 0.781. The topological polar surface area (TPSA) is 35.6 Å². The lowest BCUT2D eigenvalue weighted by Crippen LogP contribution is -2.08. The second-order valence-electron chi connectivity index (χ2n) is 4.65. The molecule has 0 aliphatic carbocycles. The normalized spacial score (nSPS) is 11.3. The fourth-order valence-electron chi connectivity index (χ4n) is 2.35. The third-order valence-corrected chi connectivity index (χ3v) is 3.86. The molecule has 4 nitrogen and oxygen atoms in total. The number of hydrogen-bond acceptors (Lipinski definition) is 2. The fraction of sp³-hybridized carbons (Fsp3) is 0.286. The van der Waals surface area contributed by atoms with Crippen LogP contribution in [-0.4, -0.2) is 19.1 Å². The van der Waals surface area contributed by atoms with Crippen molar-refractivity contribution in [2.75, 3.05) is 0 Å². The van der Waals surface area contributed by atoms with Crippen LogP contribution in [0.3, 0.4) is 0 Å². The number of imidazole rings is 2. The molecule has 6 heteroatoms. The summed E-state index contributed by atoms with van der Waals surface area (Å²) in [5.74, 6) is 2.28. The number of aromatic nitrogens is 4. The minimum absolute atomic E-state index is 0.382. The Bertz CT molecular complexity index is 745. The molecule has 3 rings (SSSR count). The van der Waals surface area contributed by atoms with E-state index < -0.39 is 0 Å². The number of benzene rings is 1. The summed E-state index contributed by atoms with van der Waals surface area (Å²) in [6.07, 6.45) is 4.58. The molecule has 3 aromatic rings. The van der Waals surface area contributed by atoms with E-state index in [4.69, 9.17) is 23.2 Å². The summed E-state index contributed by atoms with van der Waals surface area (Å²) < 4.78 is 4.13. The molecule has 0 amide bonds. The maximum absolute atomic E-state index is 6.08.